The van der Waals surface area contributed by atoms with Crippen molar-refractivity contribution in [1.29, 1.82) is 0 Å². The number of carbonyl (C=O) groups excluding carboxylic acids is 1. The number of thioether (sulfide) groups is 2. The Bertz CT molecular complexity index is 1610. The number of aromatic nitrogens is 5. The highest BCUT2D eigenvalue weighted by Gasteiger charge is 2.15. The number of thiazole rings is 1. The van der Waals surface area contributed by atoms with Crippen LogP contribution in [0.25, 0.3) is 15.9 Å². The van der Waals surface area contributed by atoms with Crippen molar-refractivity contribution in [3.05, 3.63) is 82.4 Å². The molecule has 0 saturated heterocycles. The van der Waals surface area contributed by atoms with Crippen LogP contribution in [0.15, 0.2) is 76.2 Å². The molecule has 0 aliphatic rings. The number of nitro benzene ring substituents is 1. The van der Waals surface area contributed by atoms with E-state index in [1.807, 2.05) is 42.5 Å². The molecule has 192 valence electrons. The van der Waals surface area contributed by atoms with Crippen LogP contribution in [0.2, 0.25) is 0 Å². The largest absolute Gasteiger partial charge is 0.496 e. The quantitative estimate of drug-likeness (QED) is 0.136. The second-order valence-corrected chi connectivity index (χ2v) is 10.9. The van der Waals surface area contributed by atoms with E-state index in [2.05, 4.69) is 25.8 Å². The summed E-state index contributed by atoms with van der Waals surface area (Å²) in [7, 11) is 1.53. The molecule has 5 rings (SSSR count). The van der Waals surface area contributed by atoms with Crippen LogP contribution in [-0.4, -0.2) is 48.9 Å². The molecule has 5 aromatic rings. The number of para-hydroxylation sites is 1. The second kappa shape index (κ2) is 11.6. The number of rotatable bonds is 10. The van der Waals surface area contributed by atoms with Crippen molar-refractivity contribution in [3.8, 4) is 11.4 Å². The number of nitro groups is 1. The van der Waals surface area contributed by atoms with Crippen LogP contribution in [0.5, 0.6) is 5.75 Å². The maximum atomic E-state index is 12.6. The number of carbonyl (C=O) groups is 1. The molecule has 14 heteroatoms. The Morgan fingerprint density at radius 3 is 2.76 bits per heavy atom. The lowest BCUT2D eigenvalue weighted by Gasteiger charge is -2.06. The van der Waals surface area contributed by atoms with Gasteiger partial charge in [-0.15, -0.1) is 16.4 Å². The molecule has 2 aromatic heterocycles. The summed E-state index contributed by atoms with van der Waals surface area (Å²) >= 11 is 4.19. The van der Waals surface area contributed by atoms with Crippen LogP contribution in [-0.2, 0) is 10.5 Å². The smallest absolute Gasteiger partial charge is 0.270 e. The summed E-state index contributed by atoms with van der Waals surface area (Å²) in [6.45, 7) is 0. The zero-order valence-corrected chi connectivity index (χ0v) is 22.3. The van der Waals surface area contributed by atoms with E-state index in [-0.39, 0.29) is 17.3 Å². The van der Waals surface area contributed by atoms with Crippen molar-refractivity contribution >= 4 is 62.4 Å². The Morgan fingerprint density at radius 1 is 1.13 bits per heavy atom. The third-order valence-electron chi connectivity index (χ3n) is 5.25. The van der Waals surface area contributed by atoms with Gasteiger partial charge in [0.2, 0.25) is 11.1 Å². The molecule has 0 spiro atoms. The van der Waals surface area contributed by atoms with Gasteiger partial charge >= 0.3 is 0 Å². The number of tetrazole rings is 1. The van der Waals surface area contributed by atoms with Crippen molar-refractivity contribution < 1.29 is 14.5 Å². The first-order valence-corrected chi connectivity index (χ1v) is 13.9. The molecule has 0 fully saturated rings. The summed E-state index contributed by atoms with van der Waals surface area (Å²) in [5, 5.41) is 26.3. The van der Waals surface area contributed by atoms with Crippen molar-refractivity contribution in [1.82, 2.24) is 25.2 Å². The van der Waals surface area contributed by atoms with E-state index in [9.17, 15) is 14.9 Å². The third-order valence-corrected chi connectivity index (χ3v) is 8.38. The van der Waals surface area contributed by atoms with Gasteiger partial charge in [0.1, 0.15) is 5.75 Å². The van der Waals surface area contributed by atoms with E-state index < -0.39 is 4.92 Å². The highest BCUT2D eigenvalue weighted by atomic mass is 32.2. The number of ether oxygens (including phenoxy) is 1. The zero-order chi connectivity index (χ0) is 26.5. The van der Waals surface area contributed by atoms with Crippen LogP contribution in [0, 0.1) is 10.1 Å². The van der Waals surface area contributed by atoms with Gasteiger partial charge in [0, 0.05) is 29.1 Å². The second-order valence-electron chi connectivity index (χ2n) is 7.75. The summed E-state index contributed by atoms with van der Waals surface area (Å²) in [5.41, 5.74) is 3.01. The molecule has 1 N–H and O–H groups in total. The van der Waals surface area contributed by atoms with Crippen molar-refractivity contribution in [2.24, 2.45) is 0 Å². The highest BCUT2D eigenvalue weighted by Crippen LogP contribution is 2.35. The average molecular weight is 566 g/mol. The minimum atomic E-state index is -0.426. The molecule has 0 unspecified atom stereocenters. The van der Waals surface area contributed by atoms with Crippen LogP contribution in [0.3, 0.4) is 0 Å². The minimum absolute atomic E-state index is 0.0146. The first kappa shape index (κ1) is 25.6. The standard InChI is InChI=1S/C24H19N7O4S3/c1-35-20-10-8-18(31(33)34)11-15(20)13-37-24-26-19-9-7-16(12-21(19)38-24)25-22(32)14-36-23-27-28-29-30(23)17-5-3-2-4-6-17/h2-12H,13-14H2,1H3,(H,25,32). The van der Waals surface area contributed by atoms with Crippen molar-refractivity contribution in [2.75, 3.05) is 18.2 Å². The maximum Gasteiger partial charge on any atom is 0.270 e. The molecular formula is C24H19N7O4S3. The lowest BCUT2D eigenvalue weighted by Crippen LogP contribution is -2.14. The molecule has 2 heterocycles. The number of nitrogens with one attached hydrogen (secondary N) is 1. The fraction of sp³-hybridized carbons (Fsp3) is 0.125. The van der Waals surface area contributed by atoms with E-state index >= 15 is 0 Å². The number of amides is 1. The number of anilines is 1. The van der Waals surface area contributed by atoms with E-state index in [1.54, 1.807) is 16.8 Å². The molecular weight excluding hydrogens is 547 g/mol. The zero-order valence-electron chi connectivity index (χ0n) is 19.8. The fourth-order valence-corrected chi connectivity index (χ4v) is 6.28. The topological polar surface area (TPSA) is 138 Å². The molecule has 0 aliphatic carbocycles. The molecule has 0 saturated carbocycles. The Hall–Kier alpha value is -4.01. The highest BCUT2D eigenvalue weighted by molar-refractivity contribution is 8.00. The maximum absolute atomic E-state index is 12.6. The fourth-order valence-electron chi connectivity index (χ4n) is 3.50. The van der Waals surface area contributed by atoms with Crippen LogP contribution in [0.4, 0.5) is 11.4 Å². The molecule has 38 heavy (non-hydrogen) atoms. The number of hydrogen-bond acceptors (Lipinski definition) is 11. The summed E-state index contributed by atoms with van der Waals surface area (Å²) in [5.74, 6) is 1.01. The predicted molar refractivity (Wildman–Crippen MR) is 147 cm³/mol. The van der Waals surface area contributed by atoms with Gasteiger partial charge in [-0.25, -0.2) is 4.98 Å². The Kier molecular flexibility index (Phi) is 7.81. The van der Waals surface area contributed by atoms with Crippen LogP contribution < -0.4 is 10.1 Å². The normalized spacial score (nSPS) is 11.0. The Morgan fingerprint density at radius 2 is 1.97 bits per heavy atom. The van der Waals surface area contributed by atoms with Gasteiger partial charge in [0.25, 0.3) is 5.69 Å². The predicted octanol–water partition coefficient (Wildman–Crippen LogP) is 5.21. The monoisotopic (exact) mass is 565 g/mol. The summed E-state index contributed by atoms with van der Waals surface area (Å²) in [6, 6.07) is 19.5. The van der Waals surface area contributed by atoms with Gasteiger partial charge in [0.15, 0.2) is 4.34 Å². The number of fused-ring (bicyclic) bond motifs is 1. The lowest BCUT2D eigenvalue weighted by molar-refractivity contribution is -0.384. The molecule has 0 bridgehead atoms. The molecule has 11 nitrogen and oxygen atoms in total. The number of nitrogens with zero attached hydrogens (tertiary/aromatic N) is 6. The first-order chi connectivity index (χ1) is 18.5. The van der Waals surface area contributed by atoms with E-state index in [0.29, 0.717) is 22.3 Å². The third kappa shape index (κ3) is 5.93. The van der Waals surface area contributed by atoms with Gasteiger partial charge in [-0.1, -0.05) is 41.7 Å². The van der Waals surface area contributed by atoms with Gasteiger partial charge < -0.3 is 10.1 Å². The summed E-state index contributed by atoms with van der Waals surface area (Å²) in [6.07, 6.45) is 0. The van der Waals surface area contributed by atoms with Crippen molar-refractivity contribution in [3.63, 3.8) is 0 Å². The first-order valence-electron chi connectivity index (χ1n) is 11.1. The molecule has 0 atom stereocenters. The van der Waals surface area contributed by atoms with Gasteiger partial charge in [0.05, 0.1) is 33.7 Å². The number of non-ortho nitro benzene ring substituents is 1. The SMILES string of the molecule is COc1ccc([N+](=O)[O-])cc1CSc1nc2ccc(NC(=O)CSc3nnnn3-c3ccccc3)cc2s1. The average Bonchev–Trinajstić information content (AvgIpc) is 3.57. The van der Waals surface area contributed by atoms with Gasteiger partial charge in [-0.2, -0.15) is 4.68 Å². The summed E-state index contributed by atoms with van der Waals surface area (Å²) in [4.78, 5) is 27.9. The number of hydrogen-bond donors (Lipinski definition) is 1. The number of benzene rings is 3. The lowest BCUT2D eigenvalue weighted by atomic mass is 10.2. The summed E-state index contributed by atoms with van der Waals surface area (Å²) < 4.78 is 8.65. The van der Waals surface area contributed by atoms with Crippen LogP contribution >= 0.6 is 34.9 Å². The van der Waals surface area contributed by atoms with E-state index in [0.717, 1.165) is 25.8 Å². The van der Waals surface area contributed by atoms with E-state index in [1.165, 1.54) is 54.1 Å². The molecule has 3 aromatic carbocycles. The Balaban J connectivity index is 1.21. The van der Waals surface area contributed by atoms with Gasteiger partial charge in [-0.05, 0) is 46.8 Å². The van der Waals surface area contributed by atoms with Crippen LogP contribution in [0.1, 0.15) is 5.56 Å². The Labute approximate surface area is 228 Å². The molecule has 1 amide bonds. The molecule has 0 aliphatic heterocycles. The van der Waals surface area contributed by atoms with E-state index in [4.69, 9.17) is 4.74 Å². The number of methoxy groups -OCH3 is 1. The van der Waals surface area contributed by atoms with Crippen molar-refractivity contribution in [2.45, 2.75) is 15.2 Å². The van der Waals surface area contributed by atoms with Gasteiger partial charge in [-0.3, -0.25) is 14.9 Å². The molecule has 0 radical (unpaired) electrons. The minimum Gasteiger partial charge on any atom is -0.496 e.